The normalized spacial score (nSPS) is 17.0. The van der Waals surface area contributed by atoms with E-state index in [-0.39, 0.29) is 5.54 Å². The molecule has 0 radical (unpaired) electrons. The molecule has 1 aromatic heterocycles. The van der Waals surface area contributed by atoms with E-state index >= 15 is 0 Å². The third-order valence-corrected chi connectivity index (χ3v) is 4.39. The number of ether oxygens (including phenoxy) is 1. The number of nitrogens with zero attached hydrogens (tertiary/aromatic N) is 1. The summed E-state index contributed by atoms with van der Waals surface area (Å²) < 4.78 is 5.28. The molecule has 0 aromatic carbocycles. The van der Waals surface area contributed by atoms with Gasteiger partial charge in [0.05, 0.1) is 7.11 Å². The van der Waals surface area contributed by atoms with Crippen molar-refractivity contribution < 1.29 is 4.74 Å². The van der Waals surface area contributed by atoms with Crippen LogP contribution in [0.2, 0.25) is 0 Å². The van der Waals surface area contributed by atoms with Gasteiger partial charge in [0.2, 0.25) is 0 Å². The number of methoxy groups -OCH3 is 1. The molecule has 1 aromatic rings. The topological polar surface area (TPSA) is 46.2 Å². The predicted molar refractivity (Wildman–Crippen MR) is 86.2 cm³/mol. The van der Waals surface area contributed by atoms with Crippen molar-refractivity contribution in [2.24, 2.45) is 5.92 Å². The molecule has 0 spiro atoms. The van der Waals surface area contributed by atoms with Crippen LogP contribution in [0.5, 0.6) is 5.75 Å². The van der Waals surface area contributed by atoms with E-state index < -0.39 is 0 Å². The minimum atomic E-state index is 0.117. The second kappa shape index (κ2) is 6.39. The third-order valence-electron chi connectivity index (χ3n) is 4.19. The molecule has 0 atom stereocenters. The summed E-state index contributed by atoms with van der Waals surface area (Å²) >= 11 is 5.45. The van der Waals surface area contributed by atoms with Crippen LogP contribution >= 0.6 is 12.2 Å². The molecule has 5 heteroatoms. The van der Waals surface area contributed by atoms with Crippen molar-refractivity contribution in [2.45, 2.75) is 45.1 Å². The molecule has 1 heterocycles. The molecule has 110 valence electrons. The summed E-state index contributed by atoms with van der Waals surface area (Å²) in [6.45, 7) is 4.50. The van der Waals surface area contributed by atoms with Gasteiger partial charge < -0.3 is 15.4 Å². The maximum Gasteiger partial charge on any atom is 0.174 e. The Balaban J connectivity index is 2.05. The second-order valence-corrected chi connectivity index (χ2v) is 6.06. The van der Waals surface area contributed by atoms with Crippen molar-refractivity contribution in [3.05, 3.63) is 18.3 Å². The Kier molecular flexibility index (Phi) is 4.81. The van der Waals surface area contributed by atoms with E-state index in [1.807, 2.05) is 12.1 Å². The Morgan fingerprint density at radius 3 is 2.70 bits per heavy atom. The van der Waals surface area contributed by atoms with Gasteiger partial charge in [-0.25, -0.2) is 4.98 Å². The van der Waals surface area contributed by atoms with Crippen LogP contribution < -0.4 is 15.4 Å². The van der Waals surface area contributed by atoms with Crippen molar-refractivity contribution in [2.75, 3.05) is 12.4 Å². The minimum Gasteiger partial charge on any atom is -0.493 e. The summed E-state index contributed by atoms with van der Waals surface area (Å²) in [6.07, 6.45) is 6.60. The molecule has 0 amide bonds. The lowest BCUT2D eigenvalue weighted by molar-refractivity contribution is 0.283. The Morgan fingerprint density at radius 2 is 2.10 bits per heavy atom. The van der Waals surface area contributed by atoms with E-state index in [2.05, 4.69) is 29.5 Å². The Hall–Kier alpha value is -1.36. The highest BCUT2D eigenvalue weighted by Gasteiger charge is 2.37. The molecule has 0 aliphatic heterocycles. The predicted octanol–water partition coefficient (Wildman–Crippen LogP) is 3.35. The molecule has 1 saturated carbocycles. The molecule has 0 saturated heterocycles. The average Bonchev–Trinajstić information content (AvgIpc) is 2.89. The average molecular weight is 293 g/mol. The van der Waals surface area contributed by atoms with E-state index in [4.69, 9.17) is 17.0 Å². The van der Waals surface area contributed by atoms with Gasteiger partial charge in [-0.3, -0.25) is 0 Å². The highest BCUT2D eigenvalue weighted by atomic mass is 32.1. The molecular weight excluding hydrogens is 270 g/mol. The van der Waals surface area contributed by atoms with Crippen LogP contribution in [0, 0.1) is 5.92 Å². The zero-order chi connectivity index (χ0) is 14.6. The second-order valence-electron chi connectivity index (χ2n) is 5.65. The zero-order valence-corrected chi connectivity index (χ0v) is 13.2. The first kappa shape index (κ1) is 15.0. The fourth-order valence-corrected chi connectivity index (χ4v) is 3.17. The molecule has 0 bridgehead atoms. The van der Waals surface area contributed by atoms with Gasteiger partial charge >= 0.3 is 0 Å². The maximum atomic E-state index is 5.45. The molecule has 2 N–H and O–H groups in total. The van der Waals surface area contributed by atoms with Gasteiger partial charge in [-0.05, 0) is 43.1 Å². The van der Waals surface area contributed by atoms with Gasteiger partial charge in [-0.15, -0.1) is 0 Å². The molecular formula is C15H23N3OS. The van der Waals surface area contributed by atoms with Gasteiger partial charge in [0.1, 0.15) is 0 Å². The summed E-state index contributed by atoms with van der Waals surface area (Å²) in [6, 6.07) is 3.71. The van der Waals surface area contributed by atoms with Gasteiger partial charge in [0.25, 0.3) is 0 Å². The molecule has 1 fully saturated rings. The Bertz CT molecular complexity index is 470. The largest absolute Gasteiger partial charge is 0.493 e. The Labute approximate surface area is 126 Å². The van der Waals surface area contributed by atoms with Crippen LogP contribution in [0.25, 0.3) is 0 Å². The maximum absolute atomic E-state index is 5.45. The summed E-state index contributed by atoms with van der Waals surface area (Å²) in [5, 5.41) is 7.29. The number of nitrogens with one attached hydrogen (secondary N) is 2. The van der Waals surface area contributed by atoms with Crippen molar-refractivity contribution >= 4 is 23.1 Å². The SMILES string of the molecule is COc1cccnc1NC(=S)NC1(C(C)C)CCCC1. The smallest absolute Gasteiger partial charge is 0.174 e. The summed E-state index contributed by atoms with van der Waals surface area (Å²) in [7, 11) is 1.63. The van der Waals surface area contributed by atoms with Crippen LogP contribution in [0.15, 0.2) is 18.3 Å². The number of hydrogen-bond donors (Lipinski definition) is 2. The summed E-state index contributed by atoms with van der Waals surface area (Å²) in [4.78, 5) is 4.27. The lowest BCUT2D eigenvalue weighted by Gasteiger charge is -2.35. The van der Waals surface area contributed by atoms with Crippen LogP contribution in [0.4, 0.5) is 5.82 Å². The molecule has 1 aliphatic carbocycles. The molecule has 20 heavy (non-hydrogen) atoms. The number of thiocarbonyl (C=S) groups is 1. The number of rotatable bonds is 4. The molecule has 4 nitrogen and oxygen atoms in total. The van der Waals surface area contributed by atoms with E-state index in [0.717, 1.165) is 0 Å². The van der Waals surface area contributed by atoms with E-state index in [0.29, 0.717) is 22.6 Å². The molecule has 1 aliphatic rings. The van der Waals surface area contributed by atoms with Gasteiger partial charge in [0, 0.05) is 11.7 Å². The first-order valence-corrected chi connectivity index (χ1v) is 7.56. The number of aromatic nitrogens is 1. The fourth-order valence-electron chi connectivity index (χ4n) is 2.87. The summed E-state index contributed by atoms with van der Waals surface area (Å²) in [5.41, 5.74) is 0.117. The standard InChI is InChI=1S/C15H23N3OS/c1-11(2)15(8-4-5-9-15)18-14(20)17-13-12(19-3)7-6-10-16-13/h6-7,10-11H,4-5,8-9H2,1-3H3,(H2,16,17,18,20). The molecule has 2 rings (SSSR count). The molecule has 0 unspecified atom stereocenters. The number of anilines is 1. The zero-order valence-electron chi connectivity index (χ0n) is 12.4. The highest BCUT2D eigenvalue weighted by Crippen LogP contribution is 2.36. The fraction of sp³-hybridized carbons (Fsp3) is 0.600. The van der Waals surface area contributed by atoms with Crippen molar-refractivity contribution in [1.82, 2.24) is 10.3 Å². The minimum absolute atomic E-state index is 0.117. The lowest BCUT2D eigenvalue weighted by Crippen LogP contribution is -2.51. The Morgan fingerprint density at radius 1 is 1.40 bits per heavy atom. The van der Waals surface area contributed by atoms with Crippen molar-refractivity contribution in [3.63, 3.8) is 0 Å². The van der Waals surface area contributed by atoms with E-state index in [1.165, 1.54) is 25.7 Å². The quantitative estimate of drug-likeness (QED) is 0.834. The van der Waals surface area contributed by atoms with E-state index in [1.54, 1.807) is 13.3 Å². The van der Waals surface area contributed by atoms with Crippen molar-refractivity contribution in [3.8, 4) is 5.75 Å². The van der Waals surface area contributed by atoms with Crippen molar-refractivity contribution in [1.29, 1.82) is 0 Å². The summed E-state index contributed by atoms with van der Waals surface area (Å²) in [5.74, 6) is 1.90. The van der Waals surface area contributed by atoms with E-state index in [9.17, 15) is 0 Å². The van der Waals surface area contributed by atoms with Gasteiger partial charge in [-0.2, -0.15) is 0 Å². The number of pyridine rings is 1. The third kappa shape index (κ3) is 3.20. The first-order valence-electron chi connectivity index (χ1n) is 7.15. The lowest BCUT2D eigenvalue weighted by atomic mass is 9.85. The van der Waals surface area contributed by atoms with Gasteiger partial charge in [0.15, 0.2) is 16.7 Å². The van der Waals surface area contributed by atoms with Gasteiger partial charge in [-0.1, -0.05) is 26.7 Å². The van der Waals surface area contributed by atoms with Crippen LogP contribution in [-0.4, -0.2) is 22.7 Å². The number of hydrogen-bond acceptors (Lipinski definition) is 3. The van der Waals surface area contributed by atoms with Crippen LogP contribution in [0.3, 0.4) is 0 Å². The monoisotopic (exact) mass is 293 g/mol. The van der Waals surface area contributed by atoms with Crippen LogP contribution in [-0.2, 0) is 0 Å². The first-order chi connectivity index (χ1) is 9.57. The van der Waals surface area contributed by atoms with Crippen LogP contribution in [0.1, 0.15) is 39.5 Å². The highest BCUT2D eigenvalue weighted by molar-refractivity contribution is 7.80.